The first-order chi connectivity index (χ1) is 7.65. The van der Waals surface area contributed by atoms with Crippen molar-refractivity contribution in [2.45, 2.75) is 0 Å². The average Bonchev–Trinajstić information content (AvgIpc) is 2.63. The number of aromatic nitrogens is 1. The zero-order chi connectivity index (χ0) is 11.7. The molecule has 1 aromatic carbocycles. The number of hydrogen-bond acceptors (Lipinski definition) is 4. The smallest absolute Gasteiger partial charge is 0.293 e. The van der Waals surface area contributed by atoms with Crippen molar-refractivity contribution in [1.29, 1.82) is 0 Å². The number of benzene rings is 1. The summed E-state index contributed by atoms with van der Waals surface area (Å²) in [5.74, 6) is -0.614. The summed E-state index contributed by atoms with van der Waals surface area (Å²) in [4.78, 5) is 12.6. The molecule has 7 heteroatoms. The Hall–Kier alpha value is -2.44. The molecule has 0 fully saturated rings. The van der Waals surface area contributed by atoms with Crippen molar-refractivity contribution >= 4 is 22.8 Å². The second-order valence-electron chi connectivity index (χ2n) is 3.06. The third kappa shape index (κ3) is 1.38. The summed E-state index contributed by atoms with van der Waals surface area (Å²) in [7, 11) is 0. The van der Waals surface area contributed by atoms with Crippen LogP contribution in [0.5, 0.6) is 0 Å². The van der Waals surface area contributed by atoms with Gasteiger partial charge >= 0.3 is 0 Å². The molecule has 82 valence electrons. The highest BCUT2D eigenvalue weighted by Crippen LogP contribution is 2.28. The lowest BCUT2D eigenvalue weighted by Crippen LogP contribution is -1.91. The Morgan fingerprint density at radius 2 is 2.31 bits per heavy atom. The highest BCUT2D eigenvalue weighted by atomic mass is 19.1. The number of rotatable bonds is 2. The minimum Gasteiger partial charge on any atom is -0.411 e. The van der Waals surface area contributed by atoms with Gasteiger partial charge in [-0.25, -0.2) is 4.39 Å². The van der Waals surface area contributed by atoms with E-state index in [-0.39, 0.29) is 22.2 Å². The van der Waals surface area contributed by atoms with E-state index in [9.17, 15) is 14.5 Å². The minimum absolute atomic E-state index is 0.0343. The lowest BCUT2D eigenvalue weighted by molar-refractivity contribution is -0.383. The molecule has 2 rings (SSSR count). The quantitative estimate of drug-likeness (QED) is 0.353. The van der Waals surface area contributed by atoms with E-state index in [1.165, 1.54) is 6.20 Å². The van der Waals surface area contributed by atoms with Crippen LogP contribution in [-0.2, 0) is 0 Å². The molecule has 0 spiro atoms. The van der Waals surface area contributed by atoms with Crippen molar-refractivity contribution in [2.75, 3.05) is 0 Å². The molecule has 1 aromatic heterocycles. The van der Waals surface area contributed by atoms with E-state index in [2.05, 4.69) is 10.1 Å². The van der Waals surface area contributed by atoms with Crippen LogP contribution in [0, 0.1) is 15.9 Å². The summed E-state index contributed by atoms with van der Waals surface area (Å²) < 4.78 is 13.5. The number of nitro benzene ring substituents is 1. The van der Waals surface area contributed by atoms with Crippen LogP contribution in [0.1, 0.15) is 5.56 Å². The maximum Gasteiger partial charge on any atom is 0.293 e. The largest absolute Gasteiger partial charge is 0.411 e. The van der Waals surface area contributed by atoms with Gasteiger partial charge < -0.3 is 10.2 Å². The van der Waals surface area contributed by atoms with Crippen LogP contribution in [0.4, 0.5) is 10.1 Å². The third-order valence-electron chi connectivity index (χ3n) is 2.19. The van der Waals surface area contributed by atoms with Gasteiger partial charge in [0.15, 0.2) is 0 Å². The molecule has 0 atom stereocenters. The van der Waals surface area contributed by atoms with Gasteiger partial charge in [-0.2, -0.15) is 0 Å². The lowest BCUT2D eigenvalue weighted by Gasteiger charge is -1.96. The Balaban J connectivity index is 2.83. The van der Waals surface area contributed by atoms with E-state index in [0.717, 1.165) is 18.3 Å². The molecule has 0 radical (unpaired) electrons. The van der Waals surface area contributed by atoms with E-state index in [0.29, 0.717) is 0 Å². The second kappa shape index (κ2) is 3.61. The normalized spacial score (nSPS) is 11.3. The molecule has 6 nitrogen and oxygen atoms in total. The third-order valence-corrected chi connectivity index (χ3v) is 2.19. The number of nitro groups is 1. The Morgan fingerprint density at radius 1 is 1.56 bits per heavy atom. The van der Waals surface area contributed by atoms with Crippen LogP contribution >= 0.6 is 0 Å². The van der Waals surface area contributed by atoms with Crippen molar-refractivity contribution in [3.05, 3.63) is 39.8 Å². The van der Waals surface area contributed by atoms with E-state index in [1.54, 1.807) is 0 Å². The highest BCUT2D eigenvalue weighted by Gasteiger charge is 2.18. The monoisotopic (exact) mass is 223 g/mol. The first-order valence-electron chi connectivity index (χ1n) is 4.26. The van der Waals surface area contributed by atoms with Gasteiger partial charge in [0.25, 0.3) is 5.69 Å². The average molecular weight is 223 g/mol. The minimum atomic E-state index is -0.614. The van der Waals surface area contributed by atoms with Crippen LogP contribution in [-0.4, -0.2) is 21.3 Å². The standard InChI is InChI=1S/C9H6FN3O3/c10-6-1-2-7(13(15)16)9-8(6)5(3-11-9)4-12-14/h1-4,11,14H/b12-4+. The Labute approximate surface area is 88.1 Å². The Morgan fingerprint density at radius 3 is 2.94 bits per heavy atom. The number of hydrogen-bond donors (Lipinski definition) is 2. The van der Waals surface area contributed by atoms with Gasteiger partial charge in [-0.3, -0.25) is 10.1 Å². The number of non-ortho nitro benzene ring substituents is 1. The van der Waals surface area contributed by atoms with Crippen LogP contribution in [0.15, 0.2) is 23.5 Å². The van der Waals surface area contributed by atoms with Crippen LogP contribution < -0.4 is 0 Å². The summed E-state index contributed by atoms with van der Waals surface area (Å²) in [6.45, 7) is 0. The summed E-state index contributed by atoms with van der Waals surface area (Å²) in [5.41, 5.74) is 0.0904. The first-order valence-corrected chi connectivity index (χ1v) is 4.26. The number of halogens is 1. The molecule has 0 unspecified atom stereocenters. The van der Waals surface area contributed by atoms with Gasteiger partial charge in [0.05, 0.1) is 16.5 Å². The molecule has 2 N–H and O–H groups in total. The van der Waals surface area contributed by atoms with Crippen LogP contribution in [0.25, 0.3) is 10.9 Å². The van der Waals surface area contributed by atoms with E-state index < -0.39 is 10.7 Å². The highest BCUT2D eigenvalue weighted by molar-refractivity contribution is 6.02. The number of nitrogens with one attached hydrogen (secondary N) is 1. The molecule has 0 aliphatic carbocycles. The van der Waals surface area contributed by atoms with Crippen LogP contribution in [0.3, 0.4) is 0 Å². The number of nitrogens with zero attached hydrogens (tertiary/aromatic N) is 2. The molecular formula is C9H6FN3O3. The fourth-order valence-electron chi connectivity index (χ4n) is 1.53. The fourth-order valence-corrected chi connectivity index (χ4v) is 1.53. The zero-order valence-electron chi connectivity index (χ0n) is 7.85. The Kier molecular flexibility index (Phi) is 2.28. The summed E-state index contributed by atoms with van der Waals surface area (Å²) in [6.07, 6.45) is 2.34. The van der Waals surface area contributed by atoms with Crippen molar-refractivity contribution in [1.82, 2.24) is 4.98 Å². The van der Waals surface area contributed by atoms with E-state index in [1.807, 2.05) is 0 Å². The molecule has 1 heterocycles. The van der Waals surface area contributed by atoms with E-state index >= 15 is 0 Å². The second-order valence-corrected chi connectivity index (χ2v) is 3.06. The lowest BCUT2D eigenvalue weighted by atomic mass is 10.1. The number of H-pyrrole nitrogens is 1. The van der Waals surface area contributed by atoms with Gasteiger partial charge in [0.2, 0.25) is 0 Å². The first kappa shape index (κ1) is 10.1. The molecule has 16 heavy (non-hydrogen) atoms. The molecule has 0 saturated carbocycles. The molecular weight excluding hydrogens is 217 g/mol. The van der Waals surface area contributed by atoms with Gasteiger partial charge in [-0.05, 0) is 6.07 Å². The molecule has 0 amide bonds. The number of oxime groups is 1. The molecule has 2 aromatic rings. The molecule has 0 aliphatic rings. The van der Waals surface area contributed by atoms with Crippen molar-refractivity contribution < 1.29 is 14.5 Å². The number of aromatic amines is 1. The predicted octanol–water partition coefficient (Wildman–Crippen LogP) is 2.02. The van der Waals surface area contributed by atoms with Gasteiger partial charge in [0.1, 0.15) is 11.3 Å². The van der Waals surface area contributed by atoms with Crippen molar-refractivity contribution in [2.24, 2.45) is 5.16 Å². The van der Waals surface area contributed by atoms with Crippen molar-refractivity contribution in [3.8, 4) is 0 Å². The Bertz CT molecular complexity index is 591. The van der Waals surface area contributed by atoms with Crippen molar-refractivity contribution in [3.63, 3.8) is 0 Å². The fraction of sp³-hybridized carbons (Fsp3) is 0. The van der Waals surface area contributed by atoms with Gasteiger partial charge in [0, 0.05) is 17.8 Å². The molecule has 0 aliphatic heterocycles. The maximum absolute atomic E-state index is 13.5. The SMILES string of the molecule is O=[N+]([O-])c1ccc(F)c2c(/C=N/O)c[nH]c12. The zero-order valence-corrected chi connectivity index (χ0v) is 7.85. The molecule has 0 bridgehead atoms. The summed E-state index contributed by atoms with van der Waals surface area (Å²) >= 11 is 0. The molecule has 0 saturated heterocycles. The van der Waals surface area contributed by atoms with Gasteiger partial charge in [-0.1, -0.05) is 5.16 Å². The summed E-state index contributed by atoms with van der Waals surface area (Å²) in [6, 6.07) is 2.08. The summed E-state index contributed by atoms with van der Waals surface area (Å²) in [5, 5.41) is 21.8. The van der Waals surface area contributed by atoms with E-state index in [4.69, 9.17) is 5.21 Å². The van der Waals surface area contributed by atoms with Gasteiger partial charge in [-0.15, -0.1) is 0 Å². The maximum atomic E-state index is 13.5. The predicted molar refractivity (Wildman–Crippen MR) is 54.3 cm³/mol. The van der Waals surface area contributed by atoms with Crippen LogP contribution in [0.2, 0.25) is 0 Å². The topological polar surface area (TPSA) is 91.5 Å². The number of fused-ring (bicyclic) bond motifs is 1.